The van der Waals surface area contributed by atoms with Gasteiger partial charge in [0.25, 0.3) is 0 Å². The van der Waals surface area contributed by atoms with Crippen molar-refractivity contribution < 1.29 is 13.4 Å². The first-order valence-corrected chi connectivity index (χ1v) is 9.27. The third-order valence-corrected chi connectivity index (χ3v) is 5.36. The number of rotatable bonds is 5. The number of fused-ring (bicyclic) bond motifs is 1. The molecule has 3 aromatic heterocycles. The third-order valence-electron chi connectivity index (χ3n) is 4.20. The van der Waals surface area contributed by atoms with Gasteiger partial charge in [0.2, 0.25) is 0 Å². The molecule has 0 aliphatic rings. The monoisotopic (exact) mass is 369 g/mol. The van der Waals surface area contributed by atoms with Crippen molar-refractivity contribution in [3.63, 3.8) is 0 Å². The molecule has 0 radical (unpaired) electrons. The first kappa shape index (κ1) is 13.4. The maximum absolute atomic E-state index is 12.9. The largest absolute Gasteiger partial charge is 0.609 e. The summed E-state index contributed by atoms with van der Waals surface area (Å²) in [5.41, 5.74) is 3.50. The van der Waals surface area contributed by atoms with Crippen molar-refractivity contribution in [2.45, 2.75) is 17.8 Å². The molecule has 4 rings (SSSR count). The molecule has 0 aliphatic heterocycles. The van der Waals surface area contributed by atoms with Crippen LogP contribution in [0, 0.1) is 6.92 Å². The molecule has 0 fully saturated rings. The molecule has 0 spiro atoms. The summed E-state index contributed by atoms with van der Waals surface area (Å²) in [7, 11) is -2.56. The van der Waals surface area contributed by atoms with Crippen molar-refractivity contribution in [2.75, 3.05) is 7.04 Å². The van der Waals surface area contributed by atoms with Gasteiger partial charge >= 0.3 is 5.16 Å². The number of H-pyrrole nitrogens is 1. The number of benzene rings is 1. The second kappa shape index (κ2) is 6.86. The van der Waals surface area contributed by atoms with Crippen molar-refractivity contribution in [1.29, 1.82) is 0 Å². The second-order valence-electron chi connectivity index (χ2n) is 5.81. The average molecular weight is 369 g/mol. The highest BCUT2D eigenvalue weighted by molar-refractivity contribution is 7.90. The van der Waals surface area contributed by atoms with Crippen LogP contribution in [0.2, 0.25) is 0 Å². The van der Waals surface area contributed by atoms with Crippen LogP contribution in [0.15, 0.2) is 60.1 Å². The predicted octanol–water partition coefficient (Wildman–Crippen LogP) is 3.37. The zero-order valence-electron chi connectivity index (χ0n) is 17.0. The van der Waals surface area contributed by atoms with E-state index in [4.69, 9.17) is 8.85 Å². The SMILES string of the molecule is [2H]C([2H])([2H])Oc1ccnc(C[S+]([O-])c2nc3cc(-n4cccc4)ccc3[nH]2)c1C. The van der Waals surface area contributed by atoms with E-state index in [1.54, 1.807) is 6.92 Å². The number of pyridine rings is 1. The lowest BCUT2D eigenvalue weighted by Gasteiger charge is -2.10. The van der Waals surface area contributed by atoms with Gasteiger partial charge in [0.1, 0.15) is 5.75 Å². The number of aromatic nitrogens is 4. The molecular formula is C19H18N4O2S. The Hall–Kier alpha value is -2.77. The summed E-state index contributed by atoms with van der Waals surface area (Å²) in [6.07, 6.45) is 5.33. The summed E-state index contributed by atoms with van der Waals surface area (Å²) in [5.74, 6) is 0.293. The molecule has 132 valence electrons. The molecule has 1 aromatic carbocycles. The van der Waals surface area contributed by atoms with Gasteiger partial charge in [-0.15, -0.1) is 0 Å². The number of ether oxygens (including phenoxy) is 1. The first-order valence-electron chi connectivity index (χ1n) is 9.45. The maximum Gasteiger partial charge on any atom is 0.322 e. The van der Waals surface area contributed by atoms with E-state index in [0.29, 0.717) is 21.9 Å². The van der Waals surface area contributed by atoms with Gasteiger partial charge in [0.05, 0.1) is 27.9 Å². The van der Waals surface area contributed by atoms with Crippen LogP contribution < -0.4 is 4.74 Å². The number of imidazole rings is 1. The molecular weight excluding hydrogens is 348 g/mol. The van der Waals surface area contributed by atoms with Gasteiger partial charge in [-0.1, -0.05) is 0 Å². The lowest BCUT2D eigenvalue weighted by Crippen LogP contribution is -2.10. The predicted molar refractivity (Wildman–Crippen MR) is 101 cm³/mol. The molecule has 4 aromatic rings. The topological polar surface area (TPSA) is 78.8 Å². The molecule has 0 saturated heterocycles. The Bertz CT molecular complexity index is 1140. The lowest BCUT2D eigenvalue weighted by atomic mass is 10.2. The van der Waals surface area contributed by atoms with Gasteiger partial charge in [0.15, 0.2) is 5.75 Å². The van der Waals surface area contributed by atoms with Crippen LogP contribution in [0.3, 0.4) is 0 Å². The summed E-state index contributed by atoms with van der Waals surface area (Å²) in [6.45, 7) is 1.70. The van der Waals surface area contributed by atoms with E-state index in [1.807, 2.05) is 47.3 Å². The molecule has 1 unspecified atom stereocenters. The molecule has 0 aliphatic carbocycles. The number of methoxy groups -OCH3 is 1. The molecule has 7 heteroatoms. The Balaban J connectivity index is 1.58. The van der Waals surface area contributed by atoms with E-state index in [0.717, 1.165) is 11.2 Å². The maximum atomic E-state index is 12.9. The zero-order valence-corrected chi connectivity index (χ0v) is 14.8. The summed E-state index contributed by atoms with van der Waals surface area (Å²) < 4.78 is 41.6. The zero-order chi connectivity index (χ0) is 20.6. The second-order valence-corrected chi connectivity index (χ2v) is 7.17. The fourth-order valence-corrected chi connectivity index (χ4v) is 3.85. The molecule has 1 atom stereocenters. The van der Waals surface area contributed by atoms with Crippen molar-refractivity contribution in [3.8, 4) is 11.4 Å². The van der Waals surface area contributed by atoms with Gasteiger partial charge in [-0.3, -0.25) is 9.97 Å². The fourth-order valence-electron chi connectivity index (χ4n) is 2.75. The van der Waals surface area contributed by atoms with Crippen molar-refractivity contribution in [1.82, 2.24) is 19.5 Å². The van der Waals surface area contributed by atoms with Crippen LogP contribution in [-0.4, -0.2) is 31.1 Å². The van der Waals surface area contributed by atoms with E-state index >= 15 is 0 Å². The fraction of sp³-hybridized carbons (Fsp3) is 0.158. The van der Waals surface area contributed by atoms with E-state index in [1.165, 1.54) is 12.3 Å². The minimum atomic E-state index is -2.56. The van der Waals surface area contributed by atoms with Gasteiger partial charge in [0, 0.05) is 41.0 Å². The van der Waals surface area contributed by atoms with Crippen LogP contribution >= 0.6 is 0 Å². The highest BCUT2D eigenvalue weighted by Gasteiger charge is 2.20. The normalized spacial score (nSPS) is 14.6. The number of nitrogens with zero attached hydrogens (tertiary/aromatic N) is 3. The summed E-state index contributed by atoms with van der Waals surface area (Å²) in [5, 5.41) is 0.341. The summed E-state index contributed by atoms with van der Waals surface area (Å²) in [6, 6.07) is 11.1. The number of nitrogens with one attached hydrogen (secondary N) is 1. The van der Waals surface area contributed by atoms with Crippen LogP contribution in [-0.2, 0) is 16.9 Å². The Morgan fingerprint density at radius 1 is 1.31 bits per heavy atom. The Kier molecular flexibility index (Phi) is 3.54. The molecule has 26 heavy (non-hydrogen) atoms. The molecule has 0 amide bonds. The standard InChI is InChI=1S/C19H18N4O2S/c1-13-17(20-8-7-18(13)25-2)12-26(24)19-21-15-6-5-14(11-16(15)22-19)23-9-3-4-10-23/h3-11H,12H2,1-2H3,(H,21,22)/i2D3. The van der Waals surface area contributed by atoms with Crippen LogP contribution in [0.5, 0.6) is 5.75 Å². The van der Waals surface area contributed by atoms with Gasteiger partial charge in [-0.25, -0.2) is 0 Å². The van der Waals surface area contributed by atoms with Crippen LogP contribution in [0.25, 0.3) is 16.7 Å². The van der Waals surface area contributed by atoms with Gasteiger partial charge in [-0.05, 0) is 43.3 Å². The highest BCUT2D eigenvalue weighted by Crippen LogP contribution is 2.24. The van der Waals surface area contributed by atoms with Crippen LogP contribution in [0.1, 0.15) is 15.4 Å². The van der Waals surface area contributed by atoms with E-state index in [-0.39, 0.29) is 11.5 Å². The number of aromatic amines is 1. The molecule has 0 bridgehead atoms. The Morgan fingerprint density at radius 2 is 2.15 bits per heavy atom. The smallest absolute Gasteiger partial charge is 0.322 e. The van der Waals surface area contributed by atoms with Crippen molar-refractivity contribution >= 4 is 22.2 Å². The molecule has 6 nitrogen and oxygen atoms in total. The lowest BCUT2D eigenvalue weighted by molar-refractivity contribution is 0.410. The van der Waals surface area contributed by atoms with Gasteiger partial charge in [-0.2, -0.15) is 4.98 Å². The van der Waals surface area contributed by atoms with E-state index < -0.39 is 18.2 Å². The van der Waals surface area contributed by atoms with Crippen molar-refractivity contribution in [3.05, 3.63) is 66.2 Å². The quantitative estimate of drug-likeness (QED) is 0.547. The number of hydrogen-bond acceptors (Lipinski definition) is 4. The summed E-state index contributed by atoms with van der Waals surface area (Å²) >= 11 is -1.48. The molecule has 3 heterocycles. The molecule has 1 N–H and O–H groups in total. The van der Waals surface area contributed by atoms with E-state index in [9.17, 15) is 4.55 Å². The third kappa shape index (κ3) is 3.07. The Morgan fingerprint density at radius 3 is 2.96 bits per heavy atom. The average Bonchev–Trinajstić information content (AvgIpc) is 3.32. The first-order chi connectivity index (χ1) is 13.8. The molecule has 0 saturated carbocycles. The minimum Gasteiger partial charge on any atom is -0.609 e. The minimum absolute atomic E-state index is 0.0916. The van der Waals surface area contributed by atoms with E-state index in [2.05, 4.69) is 15.0 Å². The van der Waals surface area contributed by atoms with Crippen LogP contribution in [0.4, 0.5) is 0 Å². The van der Waals surface area contributed by atoms with Gasteiger partial charge < -0.3 is 13.9 Å². The summed E-state index contributed by atoms with van der Waals surface area (Å²) in [4.78, 5) is 11.8. The Labute approximate surface area is 158 Å². The highest BCUT2D eigenvalue weighted by atomic mass is 32.2. The number of hydrogen-bond donors (Lipinski definition) is 1. The van der Waals surface area contributed by atoms with Crippen molar-refractivity contribution in [2.24, 2.45) is 0 Å².